The van der Waals surface area contributed by atoms with E-state index >= 15 is 0 Å². The lowest BCUT2D eigenvalue weighted by atomic mass is 10.1. The first kappa shape index (κ1) is 17.1. The van der Waals surface area contributed by atoms with Crippen molar-refractivity contribution in [3.8, 4) is 0 Å². The van der Waals surface area contributed by atoms with Crippen molar-refractivity contribution in [1.29, 1.82) is 0 Å². The van der Waals surface area contributed by atoms with E-state index in [1.165, 1.54) is 37.8 Å². The average molecular weight is 333 g/mol. The Bertz CT molecular complexity index is 675. The van der Waals surface area contributed by atoms with Gasteiger partial charge in [-0.3, -0.25) is 4.68 Å². The Hall–Kier alpha value is -1.75. The number of nitrogens with zero attached hydrogens (tertiary/aromatic N) is 2. The van der Waals surface area contributed by atoms with Gasteiger partial charge in [0.2, 0.25) is 0 Å². The molecule has 1 aromatic heterocycles. The molecule has 1 aliphatic rings. The number of aryl methyl sites for hydroxylation is 2. The summed E-state index contributed by atoms with van der Waals surface area (Å²) in [6.45, 7) is 1.68. The van der Waals surface area contributed by atoms with Crippen LogP contribution < -0.4 is 5.32 Å². The molecule has 0 spiro atoms. The first-order chi connectivity index (χ1) is 11.7. The minimum absolute atomic E-state index is 0.465. The third kappa shape index (κ3) is 4.20. The maximum atomic E-state index is 13.8. The second-order valence-corrected chi connectivity index (χ2v) is 6.73. The molecule has 1 fully saturated rings. The lowest BCUT2D eigenvalue weighted by molar-refractivity contribution is 0.416. The number of rotatable bonds is 7. The van der Waals surface area contributed by atoms with Crippen LogP contribution >= 0.6 is 0 Å². The lowest BCUT2D eigenvalue weighted by Gasteiger charge is -2.12. The molecule has 130 valence electrons. The smallest absolute Gasteiger partial charge is 0.129 e. The van der Waals surface area contributed by atoms with Crippen molar-refractivity contribution < 1.29 is 8.78 Å². The van der Waals surface area contributed by atoms with E-state index in [9.17, 15) is 8.78 Å². The minimum atomic E-state index is -0.529. The molecule has 0 amide bonds. The van der Waals surface area contributed by atoms with Gasteiger partial charge in [0, 0.05) is 24.8 Å². The summed E-state index contributed by atoms with van der Waals surface area (Å²) in [5.41, 5.74) is 2.71. The zero-order valence-electron chi connectivity index (χ0n) is 14.2. The van der Waals surface area contributed by atoms with Crippen LogP contribution in [0.25, 0.3) is 0 Å². The molecule has 3 rings (SSSR count). The molecule has 3 nitrogen and oxygen atoms in total. The topological polar surface area (TPSA) is 29.9 Å². The fourth-order valence-corrected chi connectivity index (χ4v) is 3.57. The van der Waals surface area contributed by atoms with Crippen LogP contribution in [-0.4, -0.2) is 16.8 Å². The number of benzene rings is 1. The van der Waals surface area contributed by atoms with Gasteiger partial charge in [-0.1, -0.05) is 18.9 Å². The molecule has 2 aromatic rings. The summed E-state index contributed by atoms with van der Waals surface area (Å²) in [5.74, 6) is -0.292. The van der Waals surface area contributed by atoms with Crippen LogP contribution in [0.2, 0.25) is 0 Å². The Morgan fingerprint density at radius 1 is 1.17 bits per heavy atom. The third-order valence-electron chi connectivity index (χ3n) is 4.84. The van der Waals surface area contributed by atoms with Gasteiger partial charge in [0.15, 0.2) is 0 Å². The highest BCUT2D eigenvalue weighted by atomic mass is 19.1. The highest BCUT2D eigenvalue weighted by molar-refractivity contribution is 5.20. The standard InChI is InChI=1S/C19H25F2N3/c1-22-12-17-11-18(24(23-17)13-14-4-2-3-5-14)9-7-15-6-8-16(20)10-19(15)21/h6,8,10-11,14,22H,2-5,7,9,12-13H2,1H3. The molecule has 0 aliphatic heterocycles. The van der Waals surface area contributed by atoms with Crippen molar-refractivity contribution in [2.75, 3.05) is 7.05 Å². The van der Waals surface area contributed by atoms with Gasteiger partial charge in [0.1, 0.15) is 11.6 Å². The van der Waals surface area contributed by atoms with Gasteiger partial charge in [-0.05, 0) is 56.3 Å². The highest BCUT2D eigenvalue weighted by Crippen LogP contribution is 2.27. The van der Waals surface area contributed by atoms with Gasteiger partial charge < -0.3 is 5.32 Å². The molecular weight excluding hydrogens is 308 g/mol. The Morgan fingerprint density at radius 3 is 2.67 bits per heavy atom. The largest absolute Gasteiger partial charge is 0.314 e. The van der Waals surface area contributed by atoms with Crippen molar-refractivity contribution >= 4 is 0 Å². The van der Waals surface area contributed by atoms with Crippen molar-refractivity contribution in [2.24, 2.45) is 5.92 Å². The first-order valence-corrected chi connectivity index (χ1v) is 8.80. The molecule has 0 atom stereocenters. The fraction of sp³-hybridized carbons (Fsp3) is 0.526. The van der Waals surface area contributed by atoms with Crippen LogP contribution in [0.15, 0.2) is 24.3 Å². The van der Waals surface area contributed by atoms with Gasteiger partial charge >= 0.3 is 0 Å². The molecule has 1 heterocycles. The Labute approximate surface area is 142 Å². The Kier molecular flexibility index (Phi) is 5.61. The summed E-state index contributed by atoms with van der Waals surface area (Å²) < 4.78 is 29.0. The van der Waals surface area contributed by atoms with Crippen LogP contribution in [0.1, 0.15) is 42.6 Å². The monoisotopic (exact) mass is 333 g/mol. The zero-order chi connectivity index (χ0) is 16.9. The number of aromatic nitrogens is 2. The fourth-order valence-electron chi connectivity index (χ4n) is 3.57. The predicted octanol–water partition coefficient (Wildman–Crippen LogP) is 3.86. The molecule has 1 aliphatic carbocycles. The minimum Gasteiger partial charge on any atom is -0.314 e. The molecule has 1 aromatic carbocycles. The van der Waals surface area contributed by atoms with Crippen LogP contribution in [0, 0.1) is 17.6 Å². The van der Waals surface area contributed by atoms with Gasteiger partial charge in [-0.15, -0.1) is 0 Å². The normalized spacial score (nSPS) is 15.3. The maximum absolute atomic E-state index is 13.8. The van der Waals surface area contributed by atoms with E-state index in [1.54, 1.807) is 0 Å². The molecule has 5 heteroatoms. The van der Waals surface area contributed by atoms with E-state index in [4.69, 9.17) is 5.10 Å². The van der Waals surface area contributed by atoms with E-state index in [0.29, 0.717) is 24.3 Å². The molecule has 0 unspecified atom stereocenters. The molecular formula is C19H25F2N3. The summed E-state index contributed by atoms with van der Waals surface area (Å²) in [6, 6.07) is 5.92. The second kappa shape index (κ2) is 7.88. The summed E-state index contributed by atoms with van der Waals surface area (Å²) in [4.78, 5) is 0. The highest BCUT2D eigenvalue weighted by Gasteiger charge is 2.18. The van der Waals surface area contributed by atoms with Crippen LogP contribution in [0.4, 0.5) is 8.78 Å². The number of nitrogens with one attached hydrogen (secondary N) is 1. The maximum Gasteiger partial charge on any atom is 0.129 e. The zero-order valence-corrected chi connectivity index (χ0v) is 14.2. The van der Waals surface area contributed by atoms with E-state index in [-0.39, 0.29) is 0 Å². The van der Waals surface area contributed by atoms with Crippen molar-refractivity contribution in [3.05, 3.63) is 52.9 Å². The average Bonchev–Trinajstić information content (AvgIpc) is 3.18. The SMILES string of the molecule is CNCc1cc(CCc2ccc(F)cc2F)n(CC2CCCC2)n1. The van der Waals surface area contributed by atoms with Crippen LogP contribution in [-0.2, 0) is 25.9 Å². The van der Waals surface area contributed by atoms with Gasteiger partial charge in [-0.2, -0.15) is 5.10 Å². The van der Waals surface area contributed by atoms with Crippen LogP contribution in [0.5, 0.6) is 0 Å². The van der Waals surface area contributed by atoms with Gasteiger partial charge in [0.25, 0.3) is 0 Å². The molecule has 24 heavy (non-hydrogen) atoms. The quantitative estimate of drug-likeness (QED) is 0.834. The van der Waals surface area contributed by atoms with Crippen molar-refractivity contribution in [2.45, 2.75) is 51.6 Å². The Balaban J connectivity index is 1.72. The molecule has 0 bridgehead atoms. The first-order valence-electron chi connectivity index (χ1n) is 8.80. The van der Waals surface area contributed by atoms with Crippen molar-refractivity contribution in [1.82, 2.24) is 15.1 Å². The summed E-state index contributed by atoms with van der Waals surface area (Å²) in [6.07, 6.45) is 6.44. The number of hydrogen-bond acceptors (Lipinski definition) is 2. The van der Waals surface area contributed by atoms with Crippen LogP contribution in [0.3, 0.4) is 0 Å². The molecule has 0 saturated heterocycles. The van der Waals surface area contributed by atoms with Gasteiger partial charge in [0.05, 0.1) is 5.69 Å². The third-order valence-corrected chi connectivity index (χ3v) is 4.84. The predicted molar refractivity (Wildman–Crippen MR) is 90.7 cm³/mol. The molecule has 1 saturated carbocycles. The number of hydrogen-bond donors (Lipinski definition) is 1. The molecule has 0 radical (unpaired) electrons. The van der Waals surface area contributed by atoms with E-state index < -0.39 is 11.6 Å². The second-order valence-electron chi connectivity index (χ2n) is 6.73. The number of halogens is 2. The summed E-state index contributed by atoms with van der Waals surface area (Å²) in [5, 5.41) is 7.84. The van der Waals surface area contributed by atoms with E-state index in [2.05, 4.69) is 16.1 Å². The lowest BCUT2D eigenvalue weighted by Crippen LogP contribution is -2.13. The van der Waals surface area contributed by atoms with Crippen molar-refractivity contribution in [3.63, 3.8) is 0 Å². The Morgan fingerprint density at radius 2 is 1.96 bits per heavy atom. The molecule has 1 N–H and O–H groups in total. The van der Waals surface area contributed by atoms with Gasteiger partial charge in [-0.25, -0.2) is 8.78 Å². The van der Waals surface area contributed by atoms with E-state index in [0.717, 1.165) is 30.5 Å². The van der Waals surface area contributed by atoms with E-state index in [1.807, 2.05) is 7.05 Å². The summed E-state index contributed by atoms with van der Waals surface area (Å²) in [7, 11) is 1.91. The summed E-state index contributed by atoms with van der Waals surface area (Å²) >= 11 is 0.